The van der Waals surface area contributed by atoms with Gasteiger partial charge in [0.1, 0.15) is 0 Å². The first-order valence-corrected chi connectivity index (χ1v) is 10.2. The maximum Gasteiger partial charge on any atom is 0.250 e. The zero-order valence-electron chi connectivity index (χ0n) is 15.6. The van der Waals surface area contributed by atoms with Gasteiger partial charge in [-0.15, -0.1) is 0 Å². The van der Waals surface area contributed by atoms with Gasteiger partial charge in [0, 0.05) is 55.8 Å². The lowest BCUT2D eigenvalue weighted by Crippen LogP contribution is -2.49. The van der Waals surface area contributed by atoms with Crippen LogP contribution in [0, 0.1) is 5.92 Å². The molecule has 2 aliphatic heterocycles. The third kappa shape index (κ3) is 3.01. The highest BCUT2D eigenvalue weighted by molar-refractivity contribution is 5.76. The molecule has 27 heavy (non-hydrogen) atoms. The van der Waals surface area contributed by atoms with Crippen LogP contribution in [0.15, 0.2) is 23.0 Å². The maximum atomic E-state index is 12.9. The molecule has 6 heteroatoms. The van der Waals surface area contributed by atoms with Crippen molar-refractivity contribution in [1.29, 1.82) is 0 Å². The number of aromatic nitrogens is 3. The summed E-state index contributed by atoms with van der Waals surface area (Å²) in [5.41, 5.74) is 4.91. The van der Waals surface area contributed by atoms with Crippen LogP contribution in [0.3, 0.4) is 0 Å². The second-order valence-electron chi connectivity index (χ2n) is 8.33. The van der Waals surface area contributed by atoms with Gasteiger partial charge in [0.15, 0.2) is 0 Å². The minimum absolute atomic E-state index is 0.0882. The van der Waals surface area contributed by atoms with Gasteiger partial charge in [-0.2, -0.15) is 5.10 Å². The molecule has 142 valence electrons. The molecule has 0 radical (unpaired) electrons. The number of hydrogen-bond acceptors (Lipinski definition) is 3. The van der Waals surface area contributed by atoms with Crippen molar-refractivity contribution in [3.63, 3.8) is 0 Å². The number of nitrogens with one attached hydrogen (secondary N) is 1. The molecule has 1 amide bonds. The smallest absolute Gasteiger partial charge is 0.250 e. The van der Waals surface area contributed by atoms with Crippen LogP contribution in [0.5, 0.6) is 0 Å². The number of pyridine rings is 1. The van der Waals surface area contributed by atoms with Crippen LogP contribution in [-0.4, -0.2) is 38.7 Å². The van der Waals surface area contributed by atoms with Gasteiger partial charge >= 0.3 is 0 Å². The minimum atomic E-state index is 0.0882. The standard InChI is InChI=1S/C21H26N4O2/c26-20(9-8-18-16-4-1-2-5-17(16)22-23-18)24-11-14-10-15(13-24)19-6-3-7-21(27)25(19)12-14/h3,6-7,14-15H,1-2,4-5,8-13H2,(H,22,23). The van der Waals surface area contributed by atoms with Gasteiger partial charge in [0.2, 0.25) is 5.91 Å². The van der Waals surface area contributed by atoms with Gasteiger partial charge in [0.25, 0.3) is 5.56 Å². The van der Waals surface area contributed by atoms with Crippen LogP contribution in [-0.2, 0) is 30.6 Å². The Kier molecular flexibility index (Phi) is 4.14. The van der Waals surface area contributed by atoms with Crippen LogP contribution >= 0.6 is 0 Å². The van der Waals surface area contributed by atoms with Crippen LogP contribution in [0.1, 0.15) is 54.2 Å². The normalized spacial score (nSPS) is 23.6. The molecule has 2 atom stereocenters. The minimum Gasteiger partial charge on any atom is -0.342 e. The molecule has 1 saturated heterocycles. The van der Waals surface area contributed by atoms with E-state index in [0.29, 0.717) is 12.3 Å². The van der Waals surface area contributed by atoms with Crippen molar-refractivity contribution in [3.8, 4) is 0 Å². The third-order valence-electron chi connectivity index (χ3n) is 6.55. The fourth-order valence-electron chi connectivity index (χ4n) is 5.24. The van der Waals surface area contributed by atoms with Crippen molar-refractivity contribution < 1.29 is 4.79 Å². The summed E-state index contributed by atoms with van der Waals surface area (Å²) in [6.45, 7) is 2.24. The Hall–Kier alpha value is -2.37. The molecule has 6 nitrogen and oxygen atoms in total. The molecule has 1 fully saturated rings. The monoisotopic (exact) mass is 366 g/mol. The molecule has 2 aromatic heterocycles. The number of carbonyl (C=O) groups is 1. The first-order valence-electron chi connectivity index (χ1n) is 10.2. The van der Waals surface area contributed by atoms with E-state index in [1.54, 1.807) is 6.07 Å². The molecule has 4 heterocycles. The summed E-state index contributed by atoms with van der Waals surface area (Å²) in [6, 6.07) is 5.53. The van der Waals surface area contributed by atoms with Gasteiger partial charge in [-0.3, -0.25) is 14.7 Å². The van der Waals surface area contributed by atoms with Gasteiger partial charge in [-0.25, -0.2) is 0 Å². The second-order valence-corrected chi connectivity index (χ2v) is 8.33. The van der Waals surface area contributed by atoms with Gasteiger partial charge in [-0.1, -0.05) is 6.07 Å². The Balaban J connectivity index is 1.27. The lowest BCUT2D eigenvalue weighted by Gasteiger charge is -2.42. The van der Waals surface area contributed by atoms with E-state index in [0.717, 1.165) is 56.7 Å². The van der Waals surface area contributed by atoms with E-state index in [-0.39, 0.29) is 17.4 Å². The van der Waals surface area contributed by atoms with Crippen LogP contribution < -0.4 is 5.56 Å². The van der Waals surface area contributed by atoms with Crippen molar-refractivity contribution in [2.24, 2.45) is 5.92 Å². The number of nitrogens with zero attached hydrogens (tertiary/aromatic N) is 3. The molecule has 2 bridgehead atoms. The Morgan fingerprint density at radius 2 is 2.07 bits per heavy atom. The van der Waals surface area contributed by atoms with Crippen LogP contribution in [0.25, 0.3) is 0 Å². The third-order valence-corrected chi connectivity index (χ3v) is 6.55. The Labute approximate surface area is 158 Å². The average Bonchev–Trinajstić information content (AvgIpc) is 3.10. The summed E-state index contributed by atoms with van der Waals surface area (Å²) in [4.78, 5) is 27.1. The van der Waals surface area contributed by atoms with Crippen molar-refractivity contribution in [2.75, 3.05) is 13.1 Å². The van der Waals surface area contributed by atoms with E-state index in [4.69, 9.17) is 0 Å². The average molecular weight is 366 g/mol. The van der Waals surface area contributed by atoms with Crippen LogP contribution in [0.2, 0.25) is 0 Å². The fraction of sp³-hybridized carbons (Fsp3) is 0.571. The first kappa shape index (κ1) is 16.8. The summed E-state index contributed by atoms with van der Waals surface area (Å²) in [5, 5.41) is 7.65. The first-order chi connectivity index (χ1) is 13.2. The molecule has 2 aromatic rings. The molecule has 0 spiro atoms. The number of aromatic amines is 1. The highest BCUT2D eigenvalue weighted by Crippen LogP contribution is 2.35. The highest BCUT2D eigenvalue weighted by Gasteiger charge is 2.36. The number of piperidine rings is 1. The van der Waals surface area contributed by atoms with Crippen molar-refractivity contribution in [2.45, 2.75) is 57.4 Å². The van der Waals surface area contributed by atoms with E-state index >= 15 is 0 Å². The number of H-pyrrole nitrogens is 1. The molecule has 0 saturated carbocycles. The second kappa shape index (κ2) is 6.66. The fourth-order valence-corrected chi connectivity index (χ4v) is 5.24. The number of carbonyl (C=O) groups excluding carboxylic acids is 1. The van der Waals surface area contributed by atoms with Crippen molar-refractivity contribution in [3.05, 3.63) is 51.2 Å². The zero-order valence-corrected chi connectivity index (χ0v) is 15.6. The largest absolute Gasteiger partial charge is 0.342 e. The van der Waals surface area contributed by atoms with Gasteiger partial charge in [0.05, 0.1) is 5.69 Å². The predicted molar refractivity (Wildman–Crippen MR) is 102 cm³/mol. The number of hydrogen-bond donors (Lipinski definition) is 1. The molecule has 5 rings (SSSR count). The Morgan fingerprint density at radius 3 is 3.00 bits per heavy atom. The summed E-state index contributed by atoms with van der Waals surface area (Å²) in [7, 11) is 0. The van der Waals surface area contributed by atoms with Gasteiger partial charge in [-0.05, 0) is 49.7 Å². The topological polar surface area (TPSA) is 71.0 Å². The summed E-state index contributed by atoms with van der Waals surface area (Å²) in [6.07, 6.45) is 6.97. The zero-order chi connectivity index (χ0) is 18.4. The van der Waals surface area contributed by atoms with E-state index in [9.17, 15) is 9.59 Å². The molecule has 3 aliphatic rings. The SMILES string of the molecule is O=C(CCc1n[nH]c2c1CCCC2)N1CC2CC(C1)c1cccc(=O)n1C2. The maximum absolute atomic E-state index is 12.9. The molecule has 0 aromatic carbocycles. The molecular weight excluding hydrogens is 340 g/mol. The molecule has 2 unspecified atom stereocenters. The van der Waals surface area contributed by atoms with E-state index in [1.807, 2.05) is 21.6 Å². The van der Waals surface area contributed by atoms with E-state index in [2.05, 4.69) is 10.2 Å². The number of amides is 1. The summed E-state index contributed by atoms with van der Waals surface area (Å²) < 4.78 is 1.91. The lowest BCUT2D eigenvalue weighted by atomic mass is 9.83. The van der Waals surface area contributed by atoms with Crippen molar-refractivity contribution in [1.82, 2.24) is 19.7 Å². The van der Waals surface area contributed by atoms with Crippen LogP contribution in [0.4, 0.5) is 0 Å². The molecule has 1 N–H and O–H groups in total. The molecule has 1 aliphatic carbocycles. The predicted octanol–water partition coefficient (Wildman–Crippen LogP) is 2.03. The highest BCUT2D eigenvalue weighted by atomic mass is 16.2. The number of aryl methyl sites for hydroxylation is 2. The number of likely N-dealkylation sites (tertiary alicyclic amines) is 1. The number of fused-ring (bicyclic) bond motifs is 5. The molecular formula is C21H26N4O2. The summed E-state index contributed by atoms with van der Waals surface area (Å²) >= 11 is 0. The summed E-state index contributed by atoms with van der Waals surface area (Å²) in [5.74, 6) is 0.899. The number of rotatable bonds is 3. The van der Waals surface area contributed by atoms with E-state index < -0.39 is 0 Å². The Morgan fingerprint density at radius 1 is 1.19 bits per heavy atom. The Bertz CT molecular complexity index is 929. The lowest BCUT2D eigenvalue weighted by molar-refractivity contribution is -0.133. The van der Waals surface area contributed by atoms with Crippen molar-refractivity contribution >= 4 is 5.91 Å². The quantitative estimate of drug-likeness (QED) is 0.903. The van der Waals surface area contributed by atoms with Gasteiger partial charge < -0.3 is 9.47 Å². The van der Waals surface area contributed by atoms with E-state index in [1.165, 1.54) is 24.1 Å².